The highest BCUT2D eigenvalue weighted by Crippen LogP contribution is 2.24. The van der Waals surface area contributed by atoms with E-state index in [9.17, 15) is 10.1 Å². The first-order valence-corrected chi connectivity index (χ1v) is 6.08. The van der Waals surface area contributed by atoms with E-state index in [1.165, 1.54) is 6.07 Å². The topological polar surface area (TPSA) is 83.8 Å². The summed E-state index contributed by atoms with van der Waals surface area (Å²) in [5.41, 5.74) is 2.66. The van der Waals surface area contributed by atoms with Gasteiger partial charge in [0.1, 0.15) is 0 Å². The molecular weight excluding hydrogens is 244 g/mol. The van der Waals surface area contributed by atoms with Crippen molar-refractivity contribution in [2.75, 3.05) is 0 Å². The van der Waals surface area contributed by atoms with E-state index in [-0.39, 0.29) is 5.69 Å². The second-order valence-corrected chi connectivity index (χ2v) is 4.61. The fraction of sp³-hybridized carbons (Fsp3) is 0.308. The summed E-state index contributed by atoms with van der Waals surface area (Å²) in [5, 5.41) is 21.0. The molecule has 0 amide bonds. The van der Waals surface area contributed by atoms with Crippen molar-refractivity contribution < 1.29 is 4.92 Å². The summed E-state index contributed by atoms with van der Waals surface area (Å²) in [7, 11) is 0. The molecule has 2 N–H and O–H groups in total. The van der Waals surface area contributed by atoms with Gasteiger partial charge in [0, 0.05) is 35.8 Å². The van der Waals surface area contributed by atoms with E-state index in [1.54, 1.807) is 18.3 Å². The summed E-state index contributed by atoms with van der Waals surface area (Å²) in [5.74, 6) is 0. The zero-order valence-corrected chi connectivity index (χ0v) is 10.9. The van der Waals surface area contributed by atoms with E-state index in [4.69, 9.17) is 0 Å². The molecule has 1 aromatic heterocycles. The van der Waals surface area contributed by atoms with Crippen LogP contribution in [-0.4, -0.2) is 21.2 Å². The smallest absolute Gasteiger partial charge is 0.270 e. The van der Waals surface area contributed by atoms with Crippen molar-refractivity contribution in [1.29, 1.82) is 0 Å². The lowest BCUT2D eigenvalue weighted by Crippen LogP contribution is -2.21. The van der Waals surface area contributed by atoms with Gasteiger partial charge in [0.25, 0.3) is 5.69 Å². The molecule has 2 aromatic rings. The predicted octanol–water partition coefficient (Wildman–Crippen LogP) is 2.48. The average molecular weight is 260 g/mol. The average Bonchev–Trinajstić information content (AvgIpc) is 2.84. The lowest BCUT2D eigenvalue weighted by atomic mass is 10.1. The molecule has 100 valence electrons. The number of hydrogen-bond donors (Lipinski definition) is 2. The molecular formula is C13H16N4O2. The summed E-state index contributed by atoms with van der Waals surface area (Å²) in [4.78, 5) is 10.4. The van der Waals surface area contributed by atoms with Crippen LogP contribution in [0, 0.1) is 10.1 Å². The van der Waals surface area contributed by atoms with E-state index in [1.807, 2.05) is 6.07 Å². The van der Waals surface area contributed by atoms with Crippen LogP contribution in [0.1, 0.15) is 19.4 Å². The van der Waals surface area contributed by atoms with E-state index in [2.05, 4.69) is 29.4 Å². The van der Waals surface area contributed by atoms with Gasteiger partial charge in [-0.25, -0.2) is 0 Å². The molecule has 0 fully saturated rings. The number of nitro groups is 1. The Morgan fingerprint density at radius 3 is 2.95 bits per heavy atom. The van der Waals surface area contributed by atoms with Crippen molar-refractivity contribution in [3.8, 4) is 11.3 Å². The molecule has 0 bridgehead atoms. The number of rotatable bonds is 5. The Morgan fingerprint density at radius 2 is 2.26 bits per heavy atom. The summed E-state index contributed by atoms with van der Waals surface area (Å²) in [6.45, 7) is 4.80. The zero-order chi connectivity index (χ0) is 13.8. The van der Waals surface area contributed by atoms with Crippen molar-refractivity contribution in [3.05, 3.63) is 46.1 Å². The van der Waals surface area contributed by atoms with Gasteiger partial charge in [-0.2, -0.15) is 5.10 Å². The Balaban J connectivity index is 2.29. The molecule has 2 rings (SSSR count). The molecule has 19 heavy (non-hydrogen) atoms. The van der Waals surface area contributed by atoms with Crippen LogP contribution < -0.4 is 5.32 Å². The third-order valence-electron chi connectivity index (χ3n) is 2.76. The Hall–Kier alpha value is -2.21. The molecule has 0 spiro atoms. The highest BCUT2D eigenvalue weighted by molar-refractivity contribution is 5.65. The zero-order valence-electron chi connectivity index (χ0n) is 10.9. The standard InChI is InChI=1S/C13H16N4O2/c1-9(2)14-7-11-8-15-16-13(11)10-4-3-5-12(6-10)17(18)19/h3-6,8-9,14H,7H2,1-2H3,(H,15,16). The molecule has 0 aliphatic heterocycles. The highest BCUT2D eigenvalue weighted by atomic mass is 16.6. The second kappa shape index (κ2) is 5.62. The maximum absolute atomic E-state index is 10.8. The van der Waals surface area contributed by atoms with Crippen molar-refractivity contribution >= 4 is 5.69 Å². The minimum atomic E-state index is -0.397. The SMILES string of the molecule is CC(C)NCc1cn[nH]c1-c1cccc([N+](=O)[O-])c1. The van der Waals surface area contributed by atoms with Gasteiger partial charge in [0.15, 0.2) is 0 Å². The Morgan fingerprint density at radius 1 is 1.47 bits per heavy atom. The molecule has 0 aliphatic rings. The predicted molar refractivity (Wildman–Crippen MR) is 72.7 cm³/mol. The van der Waals surface area contributed by atoms with Crippen LogP contribution in [0.25, 0.3) is 11.3 Å². The van der Waals surface area contributed by atoms with Gasteiger partial charge in [0.05, 0.1) is 16.8 Å². The first-order valence-electron chi connectivity index (χ1n) is 6.08. The number of aromatic amines is 1. The first kappa shape index (κ1) is 13.2. The number of nitro benzene ring substituents is 1. The number of aromatic nitrogens is 2. The Bertz CT molecular complexity index is 578. The van der Waals surface area contributed by atoms with Crippen LogP contribution in [0.2, 0.25) is 0 Å². The van der Waals surface area contributed by atoms with Crippen LogP contribution in [0.5, 0.6) is 0 Å². The van der Waals surface area contributed by atoms with E-state index < -0.39 is 4.92 Å². The molecule has 0 atom stereocenters. The van der Waals surface area contributed by atoms with E-state index in [0.29, 0.717) is 12.6 Å². The third kappa shape index (κ3) is 3.17. The molecule has 0 saturated heterocycles. The molecule has 0 aliphatic carbocycles. The van der Waals surface area contributed by atoms with Gasteiger partial charge < -0.3 is 5.32 Å². The fourth-order valence-corrected chi connectivity index (χ4v) is 1.78. The number of hydrogen-bond acceptors (Lipinski definition) is 4. The van der Waals surface area contributed by atoms with Gasteiger partial charge in [-0.05, 0) is 0 Å². The normalized spacial score (nSPS) is 10.9. The van der Waals surface area contributed by atoms with Crippen LogP contribution in [-0.2, 0) is 6.54 Å². The minimum Gasteiger partial charge on any atom is -0.310 e. The largest absolute Gasteiger partial charge is 0.310 e. The summed E-state index contributed by atoms with van der Waals surface area (Å²) >= 11 is 0. The lowest BCUT2D eigenvalue weighted by molar-refractivity contribution is -0.384. The van der Waals surface area contributed by atoms with Gasteiger partial charge in [0.2, 0.25) is 0 Å². The Kier molecular flexibility index (Phi) is 3.91. The van der Waals surface area contributed by atoms with Gasteiger partial charge >= 0.3 is 0 Å². The van der Waals surface area contributed by atoms with Gasteiger partial charge in [-0.15, -0.1) is 0 Å². The van der Waals surface area contributed by atoms with E-state index >= 15 is 0 Å². The molecule has 1 aromatic carbocycles. The fourth-order valence-electron chi connectivity index (χ4n) is 1.78. The Labute approximate surface area is 111 Å². The third-order valence-corrected chi connectivity index (χ3v) is 2.76. The molecule has 0 radical (unpaired) electrons. The monoisotopic (exact) mass is 260 g/mol. The van der Waals surface area contributed by atoms with Gasteiger partial charge in [-0.1, -0.05) is 26.0 Å². The number of nitrogens with zero attached hydrogens (tertiary/aromatic N) is 2. The quantitative estimate of drug-likeness (QED) is 0.639. The molecule has 1 heterocycles. The molecule has 6 heteroatoms. The number of benzene rings is 1. The second-order valence-electron chi connectivity index (χ2n) is 4.61. The summed E-state index contributed by atoms with van der Waals surface area (Å²) < 4.78 is 0. The number of H-pyrrole nitrogens is 1. The van der Waals surface area contributed by atoms with Crippen LogP contribution >= 0.6 is 0 Å². The maximum atomic E-state index is 10.8. The van der Waals surface area contributed by atoms with Crippen molar-refractivity contribution in [2.24, 2.45) is 0 Å². The molecule has 0 saturated carbocycles. The number of non-ortho nitro benzene ring substituents is 1. The molecule has 6 nitrogen and oxygen atoms in total. The number of nitrogens with one attached hydrogen (secondary N) is 2. The van der Waals surface area contributed by atoms with Crippen LogP contribution in [0.15, 0.2) is 30.5 Å². The van der Waals surface area contributed by atoms with Gasteiger partial charge in [-0.3, -0.25) is 15.2 Å². The lowest BCUT2D eigenvalue weighted by Gasteiger charge is -2.08. The van der Waals surface area contributed by atoms with Crippen molar-refractivity contribution in [1.82, 2.24) is 15.5 Å². The van der Waals surface area contributed by atoms with Crippen molar-refractivity contribution in [2.45, 2.75) is 26.4 Å². The molecule has 0 unspecified atom stereocenters. The van der Waals surface area contributed by atoms with Crippen LogP contribution in [0.4, 0.5) is 5.69 Å². The summed E-state index contributed by atoms with van der Waals surface area (Å²) in [6.07, 6.45) is 1.74. The van der Waals surface area contributed by atoms with Crippen molar-refractivity contribution in [3.63, 3.8) is 0 Å². The first-order chi connectivity index (χ1) is 9.08. The highest BCUT2D eigenvalue weighted by Gasteiger charge is 2.12. The minimum absolute atomic E-state index is 0.0786. The summed E-state index contributed by atoms with van der Waals surface area (Å²) in [6, 6.07) is 6.90. The van der Waals surface area contributed by atoms with E-state index in [0.717, 1.165) is 16.8 Å². The maximum Gasteiger partial charge on any atom is 0.270 e. The van der Waals surface area contributed by atoms with Crippen LogP contribution in [0.3, 0.4) is 0 Å².